The van der Waals surface area contributed by atoms with Crippen LogP contribution in [0.1, 0.15) is 64.2 Å². The number of hydrogen-bond acceptors (Lipinski definition) is 10. The summed E-state index contributed by atoms with van der Waals surface area (Å²) in [6.07, 6.45) is -0.441. The number of unbranched alkanes of at least 4 members (excludes halogenated alkanes) is 1. The number of amides is 7. The average molecular weight is 617 g/mol. The van der Waals surface area contributed by atoms with E-state index in [0.29, 0.717) is 11.5 Å². The molecule has 0 aliphatic carbocycles. The van der Waals surface area contributed by atoms with Gasteiger partial charge in [-0.1, -0.05) is 0 Å². The molecule has 240 valence electrons. The van der Waals surface area contributed by atoms with Crippen LogP contribution in [0.3, 0.4) is 0 Å². The average Bonchev–Trinajstić information content (AvgIpc) is 3.24. The Kier molecular flexibility index (Phi) is 16.1. The van der Waals surface area contributed by atoms with Crippen LogP contribution in [0.25, 0.3) is 0 Å². The van der Waals surface area contributed by atoms with E-state index in [1.165, 1.54) is 0 Å². The van der Waals surface area contributed by atoms with Gasteiger partial charge in [-0.2, -0.15) is 0 Å². The van der Waals surface area contributed by atoms with Crippen molar-refractivity contribution >= 4 is 53.7 Å². The number of nitrogens with zero attached hydrogens (tertiary/aromatic N) is 1. The molecule has 1 rings (SSSR count). The molecule has 43 heavy (non-hydrogen) atoms. The fraction of sp³-hybridized carbons (Fsp3) is 0.625. The van der Waals surface area contributed by atoms with Crippen molar-refractivity contribution in [2.45, 2.75) is 76.3 Å². The number of imide groups is 1. The Labute approximate surface area is 245 Å². The van der Waals surface area contributed by atoms with Crippen LogP contribution in [0, 0.1) is 0 Å². The topological polar surface area (TPSA) is 287 Å². The molecule has 1 fully saturated rings. The summed E-state index contributed by atoms with van der Waals surface area (Å²) in [7, 11) is 0. The number of carboxylic acid groups (broad SMARTS) is 3. The fourth-order valence-electron chi connectivity index (χ4n) is 3.54. The Morgan fingerprint density at radius 2 is 1.23 bits per heavy atom. The van der Waals surface area contributed by atoms with Crippen LogP contribution in [0.2, 0.25) is 0 Å². The minimum Gasteiger partial charge on any atom is -0.481 e. The first-order valence-corrected chi connectivity index (χ1v) is 13.4. The predicted octanol–water partition coefficient (Wildman–Crippen LogP) is -1.58. The molecule has 0 radical (unpaired) electrons. The molecule has 1 aliphatic heterocycles. The zero-order chi connectivity index (χ0) is 32.4. The maximum absolute atomic E-state index is 12.0. The van der Waals surface area contributed by atoms with E-state index < -0.39 is 72.2 Å². The summed E-state index contributed by atoms with van der Waals surface area (Å²) in [5, 5.41) is 39.2. The Morgan fingerprint density at radius 3 is 1.81 bits per heavy atom. The van der Waals surface area contributed by atoms with Gasteiger partial charge in [0.2, 0.25) is 5.91 Å². The number of carbonyl (C=O) groups excluding carboxylic acids is 6. The fourth-order valence-corrected chi connectivity index (χ4v) is 3.54. The van der Waals surface area contributed by atoms with Crippen molar-refractivity contribution < 1.29 is 63.3 Å². The van der Waals surface area contributed by atoms with E-state index in [4.69, 9.17) is 15.1 Å². The van der Waals surface area contributed by atoms with Crippen LogP contribution in [0.4, 0.5) is 9.59 Å². The number of carboxylic acids is 3. The minimum absolute atomic E-state index is 0.0210. The van der Waals surface area contributed by atoms with Crippen molar-refractivity contribution in [1.29, 1.82) is 0 Å². The Morgan fingerprint density at radius 1 is 0.674 bits per heavy atom. The molecule has 19 nitrogen and oxygen atoms in total. The number of carbonyl (C=O) groups is 9. The van der Waals surface area contributed by atoms with Gasteiger partial charge in [0.05, 0.1) is 0 Å². The summed E-state index contributed by atoms with van der Waals surface area (Å²) in [4.78, 5) is 108. The number of aliphatic carboxylic acids is 3. The second-order valence-electron chi connectivity index (χ2n) is 9.26. The van der Waals surface area contributed by atoms with Gasteiger partial charge in [0.1, 0.15) is 12.1 Å². The monoisotopic (exact) mass is 616 g/mol. The van der Waals surface area contributed by atoms with Crippen LogP contribution in [0.5, 0.6) is 0 Å². The molecule has 0 aromatic heterocycles. The van der Waals surface area contributed by atoms with Crippen LogP contribution < -0.4 is 26.6 Å². The molecule has 7 amide bonds. The third-order valence-corrected chi connectivity index (χ3v) is 5.78. The Bertz CT molecular complexity index is 1050. The summed E-state index contributed by atoms with van der Waals surface area (Å²) in [6, 6.07) is -4.49. The van der Waals surface area contributed by atoms with Gasteiger partial charge in [0.15, 0.2) is 0 Å². The zero-order valence-corrected chi connectivity index (χ0v) is 23.2. The maximum Gasteiger partial charge on any atom is 0.333 e. The standard InChI is InChI=1S/C24H36N6O13/c31-16(5-3-6-20(36)43-30-17(32)8-9-18(30)33)25-12-13-27-23(41)26-11-2-1-4-14(21(37)38)28-24(42)29-15(22(39)40)7-10-19(34)35/h14-15H,1-13H2,(H,25,31)(H,34,35)(H,37,38)(H,39,40)(H2,26,27,41)(H2,28,29,42)/t14-,15-/m0/s1. The molecular weight excluding hydrogens is 580 g/mol. The molecule has 2 atom stereocenters. The van der Waals surface area contributed by atoms with Gasteiger partial charge in [-0.25, -0.2) is 24.0 Å². The van der Waals surface area contributed by atoms with Crippen molar-refractivity contribution in [3.8, 4) is 0 Å². The molecule has 0 bridgehead atoms. The molecule has 0 unspecified atom stereocenters. The highest BCUT2D eigenvalue weighted by atomic mass is 16.7. The van der Waals surface area contributed by atoms with Gasteiger partial charge < -0.3 is 46.7 Å². The predicted molar refractivity (Wildman–Crippen MR) is 141 cm³/mol. The van der Waals surface area contributed by atoms with Crippen molar-refractivity contribution in [3.05, 3.63) is 0 Å². The summed E-state index contributed by atoms with van der Waals surface area (Å²) in [5.74, 6) is -6.49. The van der Waals surface area contributed by atoms with E-state index in [-0.39, 0.29) is 71.0 Å². The molecule has 0 spiro atoms. The van der Waals surface area contributed by atoms with Crippen LogP contribution in [-0.4, -0.2) is 106 Å². The number of hydrogen-bond donors (Lipinski definition) is 8. The molecule has 0 saturated carbocycles. The van der Waals surface area contributed by atoms with E-state index in [1.54, 1.807) is 0 Å². The van der Waals surface area contributed by atoms with Gasteiger partial charge in [-0.3, -0.25) is 19.2 Å². The lowest BCUT2D eigenvalue weighted by molar-refractivity contribution is -0.197. The second-order valence-corrected chi connectivity index (χ2v) is 9.26. The van der Waals surface area contributed by atoms with Gasteiger partial charge in [0.25, 0.3) is 11.8 Å². The van der Waals surface area contributed by atoms with E-state index >= 15 is 0 Å². The van der Waals surface area contributed by atoms with Crippen LogP contribution in [0.15, 0.2) is 0 Å². The summed E-state index contributed by atoms with van der Waals surface area (Å²) < 4.78 is 0. The lowest BCUT2D eigenvalue weighted by atomic mass is 10.1. The third kappa shape index (κ3) is 15.6. The number of rotatable bonds is 20. The Hall–Kier alpha value is -4.97. The number of urea groups is 2. The molecule has 1 saturated heterocycles. The molecule has 19 heteroatoms. The first-order valence-electron chi connectivity index (χ1n) is 13.4. The van der Waals surface area contributed by atoms with Crippen molar-refractivity contribution in [1.82, 2.24) is 31.6 Å². The SMILES string of the molecule is O=C(O)CC[C@H](NC(=O)N[C@@H](CCCCNC(=O)NCCNC(=O)CCCC(=O)ON1C(=O)CCC1=O)C(=O)O)C(=O)O. The second kappa shape index (κ2) is 19.2. The highest BCUT2D eigenvalue weighted by molar-refractivity contribution is 6.01. The van der Waals surface area contributed by atoms with Crippen LogP contribution in [-0.2, 0) is 38.4 Å². The molecule has 0 aromatic rings. The van der Waals surface area contributed by atoms with Crippen molar-refractivity contribution in [2.75, 3.05) is 19.6 Å². The van der Waals surface area contributed by atoms with Gasteiger partial charge in [-0.05, 0) is 32.1 Å². The van der Waals surface area contributed by atoms with Crippen molar-refractivity contribution in [2.24, 2.45) is 0 Å². The van der Waals surface area contributed by atoms with E-state index in [1.807, 2.05) is 5.32 Å². The van der Waals surface area contributed by atoms with Gasteiger partial charge >= 0.3 is 35.9 Å². The maximum atomic E-state index is 12.0. The number of nitrogens with one attached hydrogen (secondary N) is 5. The molecule has 1 heterocycles. The van der Waals surface area contributed by atoms with Gasteiger partial charge in [-0.15, -0.1) is 5.06 Å². The van der Waals surface area contributed by atoms with E-state index in [0.717, 1.165) is 0 Å². The summed E-state index contributed by atoms with van der Waals surface area (Å²) in [5.41, 5.74) is 0. The van der Waals surface area contributed by atoms with Crippen molar-refractivity contribution in [3.63, 3.8) is 0 Å². The molecule has 8 N–H and O–H groups in total. The lowest BCUT2D eigenvalue weighted by Gasteiger charge is -2.18. The summed E-state index contributed by atoms with van der Waals surface area (Å²) in [6.45, 7) is 0.348. The first kappa shape index (κ1) is 36.1. The lowest BCUT2D eigenvalue weighted by Crippen LogP contribution is -2.51. The zero-order valence-electron chi connectivity index (χ0n) is 23.2. The molecule has 0 aromatic carbocycles. The largest absolute Gasteiger partial charge is 0.481 e. The first-order chi connectivity index (χ1) is 20.3. The molecule has 1 aliphatic rings. The molecular formula is C24H36N6O13. The van der Waals surface area contributed by atoms with Crippen LogP contribution >= 0.6 is 0 Å². The van der Waals surface area contributed by atoms with E-state index in [9.17, 15) is 48.3 Å². The third-order valence-electron chi connectivity index (χ3n) is 5.78. The highest BCUT2D eigenvalue weighted by Gasteiger charge is 2.32. The van der Waals surface area contributed by atoms with Gasteiger partial charge in [0, 0.05) is 51.7 Å². The Balaban J connectivity index is 2.15. The minimum atomic E-state index is -1.51. The summed E-state index contributed by atoms with van der Waals surface area (Å²) >= 11 is 0. The highest BCUT2D eigenvalue weighted by Crippen LogP contribution is 2.13. The van der Waals surface area contributed by atoms with E-state index in [2.05, 4.69) is 21.3 Å². The normalized spacial score (nSPS) is 13.8. The number of hydroxylamine groups is 2. The quantitative estimate of drug-likeness (QED) is 0.0567. The smallest absolute Gasteiger partial charge is 0.333 e.